The summed E-state index contributed by atoms with van der Waals surface area (Å²) in [6, 6.07) is 5.36. The number of rotatable bonds is 7. The van der Waals surface area contributed by atoms with Gasteiger partial charge in [0.15, 0.2) is 0 Å². The smallest absolute Gasteiger partial charge is 0.238 e. The van der Waals surface area contributed by atoms with Crippen molar-refractivity contribution < 1.29 is 14.3 Å². The van der Waals surface area contributed by atoms with Crippen molar-refractivity contribution in [3.05, 3.63) is 36.9 Å². The Morgan fingerprint density at radius 3 is 2.69 bits per heavy atom. The summed E-state index contributed by atoms with van der Waals surface area (Å²) >= 11 is 0. The molecule has 1 aliphatic rings. The summed E-state index contributed by atoms with van der Waals surface area (Å²) < 4.78 is 12.6. The molecule has 1 saturated heterocycles. The quantitative estimate of drug-likeness (QED) is 0.822. The lowest BCUT2D eigenvalue weighted by atomic mass is 9.98. The number of imidazole rings is 1. The highest BCUT2D eigenvalue weighted by Crippen LogP contribution is 2.26. The van der Waals surface area contributed by atoms with Gasteiger partial charge in [-0.2, -0.15) is 0 Å². The first-order chi connectivity index (χ1) is 12.7. The molecule has 0 saturated carbocycles. The number of carbonyl (C=O) groups excluding carboxylic acids is 1. The van der Waals surface area contributed by atoms with E-state index >= 15 is 0 Å². The van der Waals surface area contributed by atoms with Crippen LogP contribution in [0.4, 0.5) is 5.69 Å². The molecule has 1 atom stereocenters. The normalized spacial score (nSPS) is 17.7. The number of methoxy groups -OCH3 is 2. The number of hydrogen-bond acceptors (Lipinski definition) is 5. The minimum atomic E-state index is -0.0245. The zero-order chi connectivity index (χ0) is 18.4. The summed E-state index contributed by atoms with van der Waals surface area (Å²) in [5.74, 6) is 1.82. The molecule has 0 bridgehead atoms. The molecule has 140 valence electrons. The second-order valence-electron chi connectivity index (χ2n) is 6.65. The van der Waals surface area contributed by atoms with Crippen molar-refractivity contribution in [3.63, 3.8) is 0 Å². The van der Waals surface area contributed by atoms with Crippen molar-refractivity contribution in [1.82, 2.24) is 14.5 Å². The average Bonchev–Trinajstić information content (AvgIpc) is 3.14. The molecule has 1 aromatic carbocycles. The van der Waals surface area contributed by atoms with Gasteiger partial charge in [-0.1, -0.05) is 0 Å². The summed E-state index contributed by atoms with van der Waals surface area (Å²) in [6.45, 7) is 3.22. The molecule has 0 unspecified atom stereocenters. The van der Waals surface area contributed by atoms with E-state index in [1.807, 2.05) is 12.5 Å². The van der Waals surface area contributed by atoms with Crippen molar-refractivity contribution in [2.75, 3.05) is 39.2 Å². The standard InChI is InChI=1S/C19H26N4O3/c1-25-17-8-16(9-18(10-17)26-2)21-19(24)13-22-6-3-4-15(11-22)12-23-7-5-20-14-23/h5,7-10,14-15H,3-4,6,11-13H2,1-2H3,(H,21,24)/t15-/m1/s1. The molecule has 1 aliphatic heterocycles. The van der Waals surface area contributed by atoms with Crippen molar-refractivity contribution in [1.29, 1.82) is 0 Å². The Morgan fingerprint density at radius 2 is 2.04 bits per heavy atom. The SMILES string of the molecule is COc1cc(NC(=O)CN2CCC[C@@H](Cn3ccnc3)C2)cc(OC)c1. The highest BCUT2D eigenvalue weighted by Gasteiger charge is 2.22. The van der Waals surface area contributed by atoms with Crippen LogP contribution >= 0.6 is 0 Å². The predicted octanol–water partition coefficient (Wildman–Crippen LogP) is 2.25. The second-order valence-corrected chi connectivity index (χ2v) is 6.65. The van der Waals surface area contributed by atoms with Crippen LogP contribution < -0.4 is 14.8 Å². The molecule has 7 nitrogen and oxygen atoms in total. The Labute approximate surface area is 153 Å². The van der Waals surface area contributed by atoms with Crippen molar-refractivity contribution >= 4 is 11.6 Å². The van der Waals surface area contributed by atoms with Gasteiger partial charge in [-0.05, 0) is 25.3 Å². The maximum absolute atomic E-state index is 12.5. The number of piperidine rings is 1. The first-order valence-corrected chi connectivity index (χ1v) is 8.87. The van der Waals surface area contributed by atoms with E-state index < -0.39 is 0 Å². The largest absolute Gasteiger partial charge is 0.497 e. The van der Waals surface area contributed by atoms with Gasteiger partial charge in [0.25, 0.3) is 0 Å². The van der Waals surface area contributed by atoms with Gasteiger partial charge in [0.2, 0.25) is 5.91 Å². The summed E-state index contributed by atoms with van der Waals surface area (Å²) in [6.07, 6.45) is 7.93. The molecule has 7 heteroatoms. The maximum atomic E-state index is 12.5. The van der Waals surface area contributed by atoms with Crippen LogP contribution in [0, 0.1) is 5.92 Å². The van der Waals surface area contributed by atoms with E-state index in [9.17, 15) is 4.79 Å². The second kappa shape index (κ2) is 8.71. The van der Waals surface area contributed by atoms with E-state index in [4.69, 9.17) is 9.47 Å². The van der Waals surface area contributed by atoms with E-state index in [1.54, 1.807) is 38.6 Å². The van der Waals surface area contributed by atoms with E-state index in [1.165, 1.54) is 6.42 Å². The van der Waals surface area contributed by atoms with Crippen molar-refractivity contribution in [2.45, 2.75) is 19.4 Å². The number of aromatic nitrogens is 2. The highest BCUT2D eigenvalue weighted by atomic mass is 16.5. The number of likely N-dealkylation sites (tertiary alicyclic amines) is 1. The summed E-state index contributed by atoms with van der Waals surface area (Å²) in [5, 5.41) is 2.94. The molecule has 26 heavy (non-hydrogen) atoms. The van der Waals surface area contributed by atoms with Crippen LogP contribution in [0.2, 0.25) is 0 Å². The minimum Gasteiger partial charge on any atom is -0.497 e. The molecule has 0 aliphatic carbocycles. The third-order valence-electron chi connectivity index (χ3n) is 4.63. The van der Waals surface area contributed by atoms with Gasteiger partial charge in [0.1, 0.15) is 11.5 Å². The van der Waals surface area contributed by atoms with Gasteiger partial charge >= 0.3 is 0 Å². The third-order valence-corrected chi connectivity index (χ3v) is 4.63. The number of benzene rings is 1. The lowest BCUT2D eigenvalue weighted by Crippen LogP contribution is -2.41. The van der Waals surface area contributed by atoms with Gasteiger partial charge in [0, 0.05) is 49.4 Å². The Hall–Kier alpha value is -2.54. The molecule has 0 radical (unpaired) electrons. The van der Waals surface area contributed by atoms with Crippen LogP contribution in [0.5, 0.6) is 11.5 Å². The number of anilines is 1. The molecule has 1 amide bonds. The fourth-order valence-corrected chi connectivity index (χ4v) is 3.42. The molecule has 1 fully saturated rings. The number of ether oxygens (including phenoxy) is 2. The van der Waals surface area contributed by atoms with Crippen molar-refractivity contribution in [3.8, 4) is 11.5 Å². The molecule has 1 aromatic heterocycles. The lowest BCUT2D eigenvalue weighted by Gasteiger charge is -2.32. The van der Waals surface area contributed by atoms with E-state index in [0.717, 1.165) is 26.1 Å². The number of nitrogens with zero attached hydrogens (tertiary/aromatic N) is 3. The lowest BCUT2D eigenvalue weighted by molar-refractivity contribution is -0.117. The molecular weight excluding hydrogens is 332 g/mol. The molecule has 3 rings (SSSR count). The van der Waals surface area contributed by atoms with Gasteiger partial charge in [0.05, 0.1) is 27.1 Å². The molecule has 2 heterocycles. The minimum absolute atomic E-state index is 0.0245. The zero-order valence-electron chi connectivity index (χ0n) is 15.4. The zero-order valence-corrected chi connectivity index (χ0v) is 15.4. The summed E-state index contributed by atoms with van der Waals surface area (Å²) in [4.78, 5) is 18.8. The first-order valence-electron chi connectivity index (χ1n) is 8.87. The Bertz CT molecular complexity index is 695. The summed E-state index contributed by atoms with van der Waals surface area (Å²) in [7, 11) is 3.18. The number of nitrogens with one attached hydrogen (secondary N) is 1. The van der Waals surface area contributed by atoms with Gasteiger partial charge < -0.3 is 19.4 Å². The van der Waals surface area contributed by atoms with Crippen LogP contribution in [0.25, 0.3) is 0 Å². The van der Waals surface area contributed by atoms with Crippen LogP contribution in [-0.4, -0.2) is 54.2 Å². The molecule has 0 spiro atoms. The van der Waals surface area contributed by atoms with Crippen LogP contribution in [0.3, 0.4) is 0 Å². The Balaban J connectivity index is 1.54. The number of carbonyl (C=O) groups is 1. The van der Waals surface area contributed by atoms with E-state index in [2.05, 4.69) is 19.8 Å². The van der Waals surface area contributed by atoms with Gasteiger partial charge in [-0.25, -0.2) is 4.98 Å². The molecule has 2 aromatic rings. The van der Waals surface area contributed by atoms with Crippen LogP contribution in [0.15, 0.2) is 36.9 Å². The van der Waals surface area contributed by atoms with E-state index in [0.29, 0.717) is 29.6 Å². The third kappa shape index (κ3) is 4.98. The highest BCUT2D eigenvalue weighted by molar-refractivity contribution is 5.92. The van der Waals surface area contributed by atoms with Crippen LogP contribution in [-0.2, 0) is 11.3 Å². The monoisotopic (exact) mass is 358 g/mol. The van der Waals surface area contributed by atoms with Crippen molar-refractivity contribution in [2.24, 2.45) is 5.92 Å². The Morgan fingerprint density at radius 1 is 1.27 bits per heavy atom. The van der Waals surface area contributed by atoms with Gasteiger partial charge in [-0.15, -0.1) is 0 Å². The van der Waals surface area contributed by atoms with Gasteiger partial charge in [-0.3, -0.25) is 9.69 Å². The first kappa shape index (κ1) is 18.3. The fraction of sp³-hybridized carbons (Fsp3) is 0.474. The number of amides is 1. The topological polar surface area (TPSA) is 68.6 Å². The number of hydrogen-bond donors (Lipinski definition) is 1. The predicted molar refractivity (Wildman–Crippen MR) is 99.6 cm³/mol. The van der Waals surface area contributed by atoms with E-state index in [-0.39, 0.29) is 5.91 Å². The Kier molecular flexibility index (Phi) is 6.12. The summed E-state index contributed by atoms with van der Waals surface area (Å²) in [5.41, 5.74) is 0.679. The fourth-order valence-electron chi connectivity index (χ4n) is 3.42. The average molecular weight is 358 g/mol. The molecule has 1 N–H and O–H groups in total. The molecular formula is C19H26N4O3. The van der Waals surface area contributed by atoms with Crippen LogP contribution in [0.1, 0.15) is 12.8 Å². The maximum Gasteiger partial charge on any atom is 0.238 e.